The van der Waals surface area contributed by atoms with Gasteiger partial charge >= 0.3 is 0 Å². The van der Waals surface area contributed by atoms with E-state index in [0.29, 0.717) is 5.56 Å². The maximum absolute atomic E-state index is 12.4. The van der Waals surface area contributed by atoms with Crippen LogP contribution in [-0.4, -0.2) is 25.4 Å². The first-order valence-electron chi connectivity index (χ1n) is 9.16. The standard InChI is InChI=1S/C23H23N3O2/c1-26(19-12-6-3-7-13-19)21-15-9-8-14-20(21)25-22(27)16-17-24-23(28)18-10-4-2-5-11-18/h2-15H,16-17H2,1H3,(H,24,28)(H,25,27). The molecular weight excluding hydrogens is 350 g/mol. The van der Waals surface area contributed by atoms with Crippen LogP contribution in [0.4, 0.5) is 17.1 Å². The zero-order valence-corrected chi connectivity index (χ0v) is 15.8. The molecule has 0 saturated carbocycles. The minimum atomic E-state index is -0.183. The number of para-hydroxylation sites is 3. The topological polar surface area (TPSA) is 61.4 Å². The maximum Gasteiger partial charge on any atom is 0.251 e. The normalized spacial score (nSPS) is 10.2. The van der Waals surface area contributed by atoms with E-state index >= 15 is 0 Å². The predicted molar refractivity (Wildman–Crippen MR) is 113 cm³/mol. The van der Waals surface area contributed by atoms with Gasteiger partial charge in [-0.15, -0.1) is 0 Å². The average Bonchev–Trinajstić information content (AvgIpc) is 2.75. The van der Waals surface area contributed by atoms with Crippen LogP contribution in [0.1, 0.15) is 16.8 Å². The summed E-state index contributed by atoms with van der Waals surface area (Å²) in [5.74, 6) is -0.333. The number of anilines is 3. The number of benzene rings is 3. The van der Waals surface area contributed by atoms with Crippen LogP contribution in [-0.2, 0) is 4.79 Å². The molecule has 0 aliphatic carbocycles. The largest absolute Gasteiger partial charge is 0.352 e. The number of carbonyl (C=O) groups excluding carboxylic acids is 2. The van der Waals surface area contributed by atoms with E-state index in [1.54, 1.807) is 12.1 Å². The van der Waals surface area contributed by atoms with Crippen molar-refractivity contribution in [2.75, 3.05) is 23.8 Å². The molecule has 3 rings (SSSR count). The van der Waals surface area contributed by atoms with Gasteiger partial charge in [-0.05, 0) is 36.4 Å². The summed E-state index contributed by atoms with van der Waals surface area (Å²) in [6, 6.07) is 26.5. The molecule has 0 spiro atoms. The number of nitrogens with zero attached hydrogens (tertiary/aromatic N) is 1. The summed E-state index contributed by atoms with van der Waals surface area (Å²) in [6.45, 7) is 0.274. The molecule has 3 aromatic rings. The van der Waals surface area contributed by atoms with Crippen LogP contribution in [0.3, 0.4) is 0 Å². The molecule has 0 radical (unpaired) electrons. The quantitative estimate of drug-likeness (QED) is 0.652. The van der Waals surface area contributed by atoms with Crippen LogP contribution < -0.4 is 15.5 Å². The van der Waals surface area contributed by atoms with Crippen LogP contribution in [0.2, 0.25) is 0 Å². The molecule has 0 aromatic heterocycles. The number of hydrogen-bond donors (Lipinski definition) is 2. The van der Waals surface area contributed by atoms with E-state index in [4.69, 9.17) is 0 Å². The highest BCUT2D eigenvalue weighted by atomic mass is 16.2. The molecule has 28 heavy (non-hydrogen) atoms. The van der Waals surface area contributed by atoms with E-state index in [9.17, 15) is 9.59 Å². The SMILES string of the molecule is CN(c1ccccc1)c1ccccc1NC(=O)CCNC(=O)c1ccccc1. The first-order valence-corrected chi connectivity index (χ1v) is 9.16. The molecule has 142 valence electrons. The van der Waals surface area contributed by atoms with E-state index in [-0.39, 0.29) is 24.8 Å². The first-order chi connectivity index (χ1) is 13.6. The Morgan fingerprint density at radius 2 is 1.43 bits per heavy atom. The van der Waals surface area contributed by atoms with Crippen molar-refractivity contribution < 1.29 is 9.59 Å². The van der Waals surface area contributed by atoms with Crippen molar-refractivity contribution in [3.05, 3.63) is 90.5 Å². The van der Waals surface area contributed by atoms with Gasteiger partial charge in [0.15, 0.2) is 0 Å². The molecule has 0 unspecified atom stereocenters. The highest BCUT2D eigenvalue weighted by Gasteiger charge is 2.12. The predicted octanol–water partition coefficient (Wildman–Crippen LogP) is 4.21. The summed E-state index contributed by atoms with van der Waals surface area (Å²) >= 11 is 0. The van der Waals surface area contributed by atoms with Gasteiger partial charge in [0.25, 0.3) is 5.91 Å². The number of nitrogens with one attached hydrogen (secondary N) is 2. The molecule has 0 heterocycles. The smallest absolute Gasteiger partial charge is 0.251 e. The van der Waals surface area contributed by atoms with Gasteiger partial charge in [-0.3, -0.25) is 9.59 Å². The van der Waals surface area contributed by atoms with Crippen LogP contribution in [0.25, 0.3) is 0 Å². The molecule has 0 aliphatic heterocycles. The lowest BCUT2D eigenvalue weighted by Gasteiger charge is -2.22. The fourth-order valence-corrected chi connectivity index (χ4v) is 2.86. The van der Waals surface area contributed by atoms with Crippen LogP contribution in [0.15, 0.2) is 84.9 Å². The van der Waals surface area contributed by atoms with E-state index < -0.39 is 0 Å². The molecule has 0 fully saturated rings. The second-order valence-electron chi connectivity index (χ2n) is 6.33. The third kappa shape index (κ3) is 4.98. The lowest BCUT2D eigenvalue weighted by molar-refractivity contribution is -0.116. The summed E-state index contributed by atoms with van der Waals surface area (Å²) in [4.78, 5) is 26.4. The van der Waals surface area contributed by atoms with E-state index in [0.717, 1.165) is 17.1 Å². The Bertz CT molecular complexity index is 927. The third-order valence-electron chi connectivity index (χ3n) is 4.36. The Kier molecular flexibility index (Phi) is 6.41. The van der Waals surface area contributed by atoms with Crippen LogP contribution >= 0.6 is 0 Å². The third-order valence-corrected chi connectivity index (χ3v) is 4.36. The highest BCUT2D eigenvalue weighted by Crippen LogP contribution is 2.30. The Hall–Kier alpha value is -3.60. The molecule has 5 nitrogen and oxygen atoms in total. The van der Waals surface area contributed by atoms with Crippen molar-refractivity contribution in [1.82, 2.24) is 5.32 Å². The summed E-state index contributed by atoms with van der Waals surface area (Å²) in [5, 5.41) is 5.71. The van der Waals surface area contributed by atoms with E-state index in [2.05, 4.69) is 10.6 Å². The molecule has 0 bridgehead atoms. The number of amides is 2. The molecule has 3 aromatic carbocycles. The van der Waals surface area contributed by atoms with Crippen molar-refractivity contribution in [3.63, 3.8) is 0 Å². The zero-order chi connectivity index (χ0) is 19.8. The molecule has 0 saturated heterocycles. The average molecular weight is 373 g/mol. The van der Waals surface area contributed by atoms with Crippen molar-refractivity contribution in [2.24, 2.45) is 0 Å². The molecule has 2 N–H and O–H groups in total. The van der Waals surface area contributed by atoms with Gasteiger partial charge in [0.05, 0.1) is 11.4 Å². The highest BCUT2D eigenvalue weighted by molar-refractivity contribution is 5.96. The van der Waals surface area contributed by atoms with Gasteiger partial charge in [-0.25, -0.2) is 0 Å². The first kappa shape index (κ1) is 19.2. The minimum Gasteiger partial charge on any atom is -0.352 e. The molecule has 0 aliphatic rings. The zero-order valence-electron chi connectivity index (χ0n) is 15.8. The van der Waals surface area contributed by atoms with Gasteiger partial charge in [-0.2, -0.15) is 0 Å². The van der Waals surface area contributed by atoms with Crippen LogP contribution in [0.5, 0.6) is 0 Å². The lowest BCUT2D eigenvalue weighted by atomic mass is 10.2. The number of hydrogen-bond acceptors (Lipinski definition) is 3. The van der Waals surface area contributed by atoms with Crippen molar-refractivity contribution in [3.8, 4) is 0 Å². The Morgan fingerprint density at radius 1 is 0.821 bits per heavy atom. The van der Waals surface area contributed by atoms with Gasteiger partial charge in [-0.1, -0.05) is 48.5 Å². The van der Waals surface area contributed by atoms with Crippen molar-refractivity contribution in [2.45, 2.75) is 6.42 Å². The fourth-order valence-electron chi connectivity index (χ4n) is 2.86. The van der Waals surface area contributed by atoms with Gasteiger partial charge in [0, 0.05) is 31.3 Å². The molecular formula is C23H23N3O2. The Balaban J connectivity index is 1.58. The second kappa shape index (κ2) is 9.37. The number of carbonyl (C=O) groups is 2. The Morgan fingerprint density at radius 3 is 2.14 bits per heavy atom. The molecule has 2 amide bonds. The van der Waals surface area contributed by atoms with E-state index in [1.165, 1.54) is 0 Å². The summed E-state index contributed by atoms with van der Waals surface area (Å²) in [7, 11) is 1.96. The van der Waals surface area contributed by atoms with Crippen molar-refractivity contribution >= 4 is 28.9 Å². The lowest BCUT2D eigenvalue weighted by Crippen LogP contribution is -2.27. The molecule has 0 atom stereocenters. The Labute approximate surface area is 165 Å². The van der Waals surface area contributed by atoms with Gasteiger partial charge in [0.2, 0.25) is 5.91 Å². The van der Waals surface area contributed by atoms with Gasteiger partial charge in [0.1, 0.15) is 0 Å². The van der Waals surface area contributed by atoms with Gasteiger partial charge < -0.3 is 15.5 Å². The van der Waals surface area contributed by atoms with E-state index in [1.807, 2.05) is 84.7 Å². The minimum absolute atomic E-state index is 0.151. The number of rotatable bonds is 7. The van der Waals surface area contributed by atoms with Crippen molar-refractivity contribution in [1.29, 1.82) is 0 Å². The molecule has 5 heteroatoms. The van der Waals surface area contributed by atoms with Crippen LogP contribution in [0, 0.1) is 0 Å². The fraction of sp³-hybridized carbons (Fsp3) is 0.130. The summed E-state index contributed by atoms with van der Waals surface area (Å²) < 4.78 is 0. The maximum atomic E-state index is 12.4. The monoisotopic (exact) mass is 373 g/mol. The summed E-state index contributed by atoms with van der Waals surface area (Å²) in [6.07, 6.45) is 0.196. The summed E-state index contributed by atoms with van der Waals surface area (Å²) in [5.41, 5.74) is 3.24. The second-order valence-corrected chi connectivity index (χ2v) is 6.33.